The van der Waals surface area contributed by atoms with E-state index in [1.807, 2.05) is 37.8 Å². The van der Waals surface area contributed by atoms with Crippen LogP contribution in [0.2, 0.25) is 0 Å². The lowest BCUT2D eigenvalue weighted by Gasteiger charge is -2.41. The highest BCUT2D eigenvalue weighted by Gasteiger charge is 2.29. The molecule has 0 aliphatic carbocycles. The number of nitrogens with zero attached hydrogens (tertiary/aromatic N) is 4. The zero-order chi connectivity index (χ0) is 18.0. The van der Waals surface area contributed by atoms with Gasteiger partial charge in [0.05, 0.1) is 17.0 Å². The largest absolute Gasteiger partial charge is 0.368 e. The van der Waals surface area contributed by atoms with Crippen LogP contribution in [0.4, 0.5) is 10.1 Å². The topological polar surface area (TPSA) is 49.3 Å². The molecule has 2 heterocycles. The molecule has 1 fully saturated rings. The van der Waals surface area contributed by atoms with E-state index in [4.69, 9.17) is 0 Å². The molecule has 1 aromatic carbocycles. The molecule has 0 bridgehead atoms. The molecule has 1 atom stereocenters. The van der Waals surface area contributed by atoms with Gasteiger partial charge in [0.2, 0.25) is 0 Å². The highest BCUT2D eigenvalue weighted by atomic mass is 19.1. The van der Waals surface area contributed by atoms with E-state index in [0.29, 0.717) is 31.6 Å². The van der Waals surface area contributed by atoms with E-state index < -0.39 is 0 Å². The Labute approximate surface area is 147 Å². The summed E-state index contributed by atoms with van der Waals surface area (Å²) in [6.45, 7) is 7.79. The van der Waals surface area contributed by atoms with E-state index in [1.54, 1.807) is 6.07 Å². The highest BCUT2D eigenvalue weighted by molar-refractivity contribution is 5.95. The zero-order valence-corrected chi connectivity index (χ0v) is 14.9. The number of aryl methyl sites for hydroxylation is 2. The lowest BCUT2D eigenvalue weighted by Crippen LogP contribution is -2.54. The maximum absolute atomic E-state index is 13.5. The van der Waals surface area contributed by atoms with Crippen molar-refractivity contribution < 1.29 is 9.18 Å². The molecule has 6 heteroatoms. The van der Waals surface area contributed by atoms with E-state index in [2.05, 4.69) is 15.1 Å². The average molecular weight is 342 g/mol. The van der Waals surface area contributed by atoms with Gasteiger partial charge < -0.3 is 9.80 Å². The number of benzene rings is 1. The standard InChI is InChI=1S/C19H23FN4O/c1-4-18-17(10-13(2)21-22-18)19(25)24-9-8-23(12-14(24)3)16-7-5-6-15(20)11-16/h5-7,10-11,14H,4,8-9,12H2,1-3H3. The fourth-order valence-corrected chi connectivity index (χ4v) is 3.28. The van der Waals surface area contributed by atoms with Crippen LogP contribution >= 0.6 is 0 Å². The van der Waals surface area contributed by atoms with Crippen LogP contribution in [0, 0.1) is 12.7 Å². The Morgan fingerprint density at radius 1 is 1.28 bits per heavy atom. The van der Waals surface area contributed by atoms with E-state index in [-0.39, 0.29) is 17.8 Å². The molecular weight excluding hydrogens is 319 g/mol. The Bertz CT molecular complexity index is 780. The van der Waals surface area contributed by atoms with Crippen LogP contribution in [0.5, 0.6) is 0 Å². The minimum atomic E-state index is -0.241. The predicted molar refractivity (Wildman–Crippen MR) is 95.3 cm³/mol. The van der Waals surface area contributed by atoms with Crippen molar-refractivity contribution in [1.82, 2.24) is 15.1 Å². The van der Waals surface area contributed by atoms with Crippen LogP contribution in [0.1, 0.15) is 35.6 Å². The zero-order valence-electron chi connectivity index (χ0n) is 14.9. The van der Waals surface area contributed by atoms with Crippen molar-refractivity contribution in [2.24, 2.45) is 0 Å². The molecule has 1 saturated heterocycles. The third-order valence-electron chi connectivity index (χ3n) is 4.62. The number of anilines is 1. The fourth-order valence-electron chi connectivity index (χ4n) is 3.28. The Kier molecular flexibility index (Phi) is 4.97. The summed E-state index contributed by atoms with van der Waals surface area (Å²) in [4.78, 5) is 17.0. The minimum Gasteiger partial charge on any atom is -0.368 e. The molecule has 5 nitrogen and oxygen atoms in total. The normalized spacial score (nSPS) is 17.7. The molecule has 1 aliphatic rings. The monoisotopic (exact) mass is 342 g/mol. The van der Waals surface area contributed by atoms with Crippen molar-refractivity contribution in [3.63, 3.8) is 0 Å². The Morgan fingerprint density at radius 3 is 2.76 bits per heavy atom. The molecule has 1 unspecified atom stereocenters. The molecule has 132 valence electrons. The molecule has 2 aromatic rings. The van der Waals surface area contributed by atoms with Crippen LogP contribution in [-0.2, 0) is 6.42 Å². The molecule has 1 aromatic heterocycles. The van der Waals surface area contributed by atoms with E-state index in [1.165, 1.54) is 12.1 Å². The summed E-state index contributed by atoms with van der Waals surface area (Å²) in [5.41, 5.74) is 2.97. The summed E-state index contributed by atoms with van der Waals surface area (Å²) in [5, 5.41) is 8.21. The van der Waals surface area contributed by atoms with Gasteiger partial charge in [0, 0.05) is 31.4 Å². The molecule has 0 spiro atoms. The second-order valence-electron chi connectivity index (χ2n) is 6.47. The lowest BCUT2D eigenvalue weighted by atomic mass is 10.1. The number of carbonyl (C=O) groups is 1. The van der Waals surface area contributed by atoms with Crippen molar-refractivity contribution in [2.75, 3.05) is 24.5 Å². The summed E-state index contributed by atoms with van der Waals surface area (Å²) >= 11 is 0. The summed E-state index contributed by atoms with van der Waals surface area (Å²) in [6.07, 6.45) is 0.673. The lowest BCUT2D eigenvalue weighted by molar-refractivity contribution is 0.0672. The van der Waals surface area contributed by atoms with Crippen molar-refractivity contribution in [2.45, 2.75) is 33.2 Å². The molecule has 1 amide bonds. The van der Waals surface area contributed by atoms with Crippen molar-refractivity contribution in [3.05, 3.63) is 53.1 Å². The van der Waals surface area contributed by atoms with E-state index in [0.717, 1.165) is 17.1 Å². The van der Waals surface area contributed by atoms with Gasteiger partial charge in [-0.2, -0.15) is 10.2 Å². The molecule has 1 aliphatic heterocycles. The van der Waals surface area contributed by atoms with Crippen LogP contribution < -0.4 is 4.90 Å². The first kappa shape index (κ1) is 17.3. The Hall–Kier alpha value is -2.50. The number of aromatic nitrogens is 2. The number of carbonyl (C=O) groups excluding carboxylic acids is 1. The first-order valence-electron chi connectivity index (χ1n) is 8.64. The van der Waals surface area contributed by atoms with Gasteiger partial charge in [-0.25, -0.2) is 4.39 Å². The number of amides is 1. The summed E-state index contributed by atoms with van der Waals surface area (Å²) in [7, 11) is 0. The van der Waals surface area contributed by atoms with Gasteiger partial charge in [0.25, 0.3) is 5.91 Å². The third-order valence-corrected chi connectivity index (χ3v) is 4.62. The van der Waals surface area contributed by atoms with Crippen LogP contribution in [0.15, 0.2) is 30.3 Å². The van der Waals surface area contributed by atoms with Gasteiger partial charge in [0.1, 0.15) is 5.82 Å². The quantitative estimate of drug-likeness (QED) is 0.861. The highest BCUT2D eigenvalue weighted by Crippen LogP contribution is 2.22. The van der Waals surface area contributed by atoms with E-state index in [9.17, 15) is 9.18 Å². The smallest absolute Gasteiger partial charge is 0.256 e. The minimum absolute atomic E-state index is 0.00115. The number of hydrogen-bond acceptors (Lipinski definition) is 4. The number of rotatable bonds is 3. The molecule has 3 rings (SSSR count). The number of halogens is 1. The fraction of sp³-hybridized carbons (Fsp3) is 0.421. The molecular formula is C19H23FN4O. The summed E-state index contributed by atoms with van der Waals surface area (Å²) in [6, 6.07) is 8.44. The number of piperazine rings is 1. The maximum atomic E-state index is 13.5. The molecule has 0 radical (unpaired) electrons. The van der Waals surface area contributed by atoms with Crippen molar-refractivity contribution in [1.29, 1.82) is 0 Å². The van der Waals surface area contributed by atoms with Gasteiger partial charge in [-0.05, 0) is 44.5 Å². The van der Waals surface area contributed by atoms with Crippen LogP contribution in [0.25, 0.3) is 0 Å². The summed E-state index contributed by atoms with van der Waals surface area (Å²) < 4.78 is 13.5. The summed E-state index contributed by atoms with van der Waals surface area (Å²) in [5.74, 6) is -0.240. The SMILES string of the molecule is CCc1nnc(C)cc1C(=O)N1CCN(c2cccc(F)c2)CC1C. The van der Waals surface area contributed by atoms with Gasteiger partial charge in [-0.1, -0.05) is 13.0 Å². The maximum Gasteiger partial charge on any atom is 0.256 e. The third kappa shape index (κ3) is 3.62. The predicted octanol–water partition coefficient (Wildman–Crippen LogP) is 2.84. The second-order valence-corrected chi connectivity index (χ2v) is 6.47. The molecule has 0 N–H and O–H groups in total. The van der Waals surface area contributed by atoms with Crippen LogP contribution in [0.3, 0.4) is 0 Å². The second kappa shape index (κ2) is 7.17. The van der Waals surface area contributed by atoms with Crippen molar-refractivity contribution >= 4 is 11.6 Å². The average Bonchev–Trinajstić information content (AvgIpc) is 2.61. The van der Waals surface area contributed by atoms with E-state index >= 15 is 0 Å². The Morgan fingerprint density at radius 2 is 2.08 bits per heavy atom. The Balaban J connectivity index is 1.77. The first-order valence-corrected chi connectivity index (χ1v) is 8.64. The van der Waals surface area contributed by atoms with Gasteiger partial charge >= 0.3 is 0 Å². The molecule has 0 saturated carbocycles. The van der Waals surface area contributed by atoms with Gasteiger partial charge in [0.15, 0.2) is 0 Å². The molecule has 25 heavy (non-hydrogen) atoms. The number of hydrogen-bond donors (Lipinski definition) is 0. The van der Waals surface area contributed by atoms with Crippen LogP contribution in [-0.4, -0.2) is 46.7 Å². The van der Waals surface area contributed by atoms with Gasteiger partial charge in [-0.3, -0.25) is 4.79 Å². The van der Waals surface area contributed by atoms with Gasteiger partial charge in [-0.15, -0.1) is 0 Å². The van der Waals surface area contributed by atoms with Crippen molar-refractivity contribution in [3.8, 4) is 0 Å². The first-order chi connectivity index (χ1) is 12.0.